The average molecular weight is 340 g/mol. The molecule has 1 N–H and O–H groups in total. The fourth-order valence-corrected chi connectivity index (χ4v) is 2.00. The lowest BCUT2D eigenvalue weighted by atomic mass is 10.1. The quantitative estimate of drug-likeness (QED) is 0.488. The van der Waals surface area contributed by atoms with Gasteiger partial charge in [0.1, 0.15) is 11.4 Å². The number of esters is 2. The predicted octanol–water partition coefficient (Wildman–Crippen LogP) is 1.95. The topological polar surface area (TPSA) is 94.6 Å². The second kappa shape index (κ2) is 8.39. The first kappa shape index (κ1) is 17.9. The maximum absolute atomic E-state index is 12.6. The smallest absolute Gasteiger partial charge is 0.354 e. The summed E-state index contributed by atoms with van der Waals surface area (Å²) in [6, 6.07) is 11.6. The summed E-state index contributed by atoms with van der Waals surface area (Å²) >= 11 is 0. The maximum atomic E-state index is 12.6. The third kappa shape index (κ3) is 4.51. The molecule has 7 heteroatoms. The number of methoxy groups -OCH3 is 2. The summed E-state index contributed by atoms with van der Waals surface area (Å²) in [5.41, 5.74) is 0.725. The summed E-state index contributed by atoms with van der Waals surface area (Å²) in [6.45, 7) is 0. The molecule has 0 aliphatic heterocycles. The maximum Gasteiger partial charge on any atom is 0.354 e. The normalized spacial score (nSPS) is 10.7. The SMILES string of the molecule is COC(=O)/C=C(/Nc1ccccc1C(=O)c1ccccn1)C(=O)OC. The third-order valence-corrected chi connectivity index (χ3v) is 3.21. The van der Waals surface area contributed by atoms with Crippen LogP contribution in [0, 0.1) is 0 Å². The Balaban J connectivity index is 2.39. The van der Waals surface area contributed by atoms with Gasteiger partial charge in [-0.2, -0.15) is 0 Å². The number of carbonyl (C=O) groups excluding carboxylic acids is 3. The molecule has 0 aliphatic carbocycles. The highest BCUT2D eigenvalue weighted by Crippen LogP contribution is 2.20. The first-order valence-electron chi connectivity index (χ1n) is 7.26. The summed E-state index contributed by atoms with van der Waals surface area (Å²) in [5, 5.41) is 2.75. The van der Waals surface area contributed by atoms with Crippen molar-refractivity contribution < 1.29 is 23.9 Å². The molecule has 0 amide bonds. The van der Waals surface area contributed by atoms with E-state index < -0.39 is 11.9 Å². The van der Waals surface area contributed by atoms with E-state index in [1.54, 1.807) is 42.5 Å². The predicted molar refractivity (Wildman–Crippen MR) is 89.8 cm³/mol. The lowest BCUT2D eigenvalue weighted by Gasteiger charge is -2.12. The van der Waals surface area contributed by atoms with Gasteiger partial charge in [-0.15, -0.1) is 0 Å². The second-order valence-electron chi connectivity index (χ2n) is 4.79. The standard InChI is InChI=1S/C18H16N2O5/c1-24-16(21)11-15(18(23)25-2)20-13-8-4-3-7-12(13)17(22)14-9-5-6-10-19-14/h3-11,20H,1-2H3/b15-11+. The molecule has 0 spiro atoms. The minimum Gasteiger partial charge on any atom is -0.466 e. The molecule has 1 aromatic heterocycles. The molecule has 7 nitrogen and oxygen atoms in total. The number of pyridine rings is 1. The van der Waals surface area contributed by atoms with Crippen LogP contribution in [-0.4, -0.2) is 36.9 Å². The van der Waals surface area contributed by atoms with Crippen LogP contribution in [0.1, 0.15) is 16.1 Å². The van der Waals surface area contributed by atoms with Gasteiger partial charge in [-0.05, 0) is 24.3 Å². The van der Waals surface area contributed by atoms with E-state index in [2.05, 4.69) is 19.8 Å². The van der Waals surface area contributed by atoms with E-state index in [9.17, 15) is 14.4 Å². The zero-order chi connectivity index (χ0) is 18.2. The minimum absolute atomic E-state index is 0.157. The molecule has 0 atom stereocenters. The molecule has 0 fully saturated rings. The van der Waals surface area contributed by atoms with Gasteiger partial charge < -0.3 is 14.8 Å². The highest BCUT2D eigenvalue weighted by molar-refractivity contribution is 6.12. The van der Waals surface area contributed by atoms with E-state index in [4.69, 9.17) is 0 Å². The first-order valence-corrected chi connectivity index (χ1v) is 7.26. The second-order valence-corrected chi connectivity index (χ2v) is 4.79. The van der Waals surface area contributed by atoms with Crippen molar-refractivity contribution in [3.05, 3.63) is 71.7 Å². The largest absolute Gasteiger partial charge is 0.466 e. The van der Waals surface area contributed by atoms with Crippen LogP contribution in [-0.2, 0) is 19.1 Å². The summed E-state index contributed by atoms with van der Waals surface area (Å²) in [6.07, 6.45) is 2.47. The van der Waals surface area contributed by atoms with Crippen molar-refractivity contribution in [2.24, 2.45) is 0 Å². The monoisotopic (exact) mass is 340 g/mol. The molecule has 0 bridgehead atoms. The van der Waals surface area contributed by atoms with Crippen LogP contribution in [0.2, 0.25) is 0 Å². The van der Waals surface area contributed by atoms with Gasteiger partial charge in [0, 0.05) is 17.4 Å². The summed E-state index contributed by atoms with van der Waals surface area (Å²) in [7, 11) is 2.37. The van der Waals surface area contributed by atoms with Gasteiger partial charge in [-0.1, -0.05) is 18.2 Å². The van der Waals surface area contributed by atoms with Crippen LogP contribution in [0.15, 0.2) is 60.4 Å². The first-order chi connectivity index (χ1) is 12.1. The number of aromatic nitrogens is 1. The van der Waals surface area contributed by atoms with Crippen molar-refractivity contribution >= 4 is 23.4 Å². The number of para-hydroxylation sites is 1. The molecule has 25 heavy (non-hydrogen) atoms. The molecule has 1 heterocycles. The Labute approximate surface area is 144 Å². The summed E-state index contributed by atoms with van der Waals surface area (Å²) in [5.74, 6) is -1.84. The zero-order valence-electron chi connectivity index (χ0n) is 13.7. The Morgan fingerprint density at radius 1 is 1.00 bits per heavy atom. The van der Waals surface area contributed by atoms with E-state index in [-0.39, 0.29) is 17.2 Å². The highest BCUT2D eigenvalue weighted by Gasteiger charge is 2.18. The van der Waals surface area contributed by atoms with E-state index in [1.807, 2.05) is 0 Å². The van der Waals surface area contributed by atoms with Gasteiger partial charge in [0.05, 0.1) is 20.3 Å². The van der Waals surface area contributed by atoms with Crippen molar-refractivity contribution in [2.45, 2.75) is 0 Å². The molecule has 2 rings (SSSR count). The van der Waals surface area contributed by atoms with E-state index in [1.165, 1.54) is 20.4 Å². The highest BCUT2D eigenvalue weighted by atomic mass is 16.5. The third-order valence-electron chi connectivity index (χ3n) is 3.21. The van der Waals surface area contributed by atoms with Crippen molar-refractivity contribution in [1.29, 1.82) is 0 Å². The number of hydrogen-bond donors (Lipinski definition) is 1. The van der Waals surface area contributed by atoms with Gasteiger partial charge in [-0.3, -0.25) is 9.78 Å². The molecule has 1 aromatic carbocycles. The fourth-order valence-electron chi connectivity index (χ4n) is 2.00. The van der Waals surface area contributed by atoms with Crippen molar-refractivity contribution in [1.82, 2.24) is 4.98 Å². The molecule has 0 saturated heterocycles. The van der Waals surface area contributed by atoms with Crippen LogP contribution in [0.5, 0.6) is 0 Å². The molecule has 0 unspecified atom stereocenters. The van der Waals surface area contributed by atoms with E-state index >= 15 is 0 Å². The lowest BCUT2D eigenvalue weighted by molar-refractivity contribution is -0.138. The van der Waals surface area contributed by atoms with Crippen LogP contribution in [0.3, 0.4) is 0 Å². The fraction of sp³-hybridized carbons (Fsp3) is 0.111. The van der Waals surface area contributed by atoms with Crippen LogP contribution < -0.4 is 5.32 Å². The van der Waals surface area contributed by atoms with Gasteiger partial charge in [0.2, 0.25) is 5.78 Å². The Morgan fingerprint density at radius 2 is 1.72 bits per heavy atom. The number of carbonyl (C=O) groups is 3. The van der Waals surface area contributed by atoms with E-state index in [0.29, 0.717) is 11.3 Å². The van der Waals surface area contributed by atoms with Gasteiger partial charge in [0.25, 0.3) is 0 Å². The molecule has 0 radical (unpaired) electrons. The molecule has 128 valence electrons. The zero-order valence-corrected chi connectivity index (χ0v) is 13.7. The van der Waals surface area contributed by atoms with Crippen LogP contribution >= 0.6 is 0 Å². The van der Waals surface area contributed by atoms with Crippen molar-refractivity contribution in [3.8, 4) is 0 Å². The van der Waals surface area contributed by atoms with Gasteiger partial charge in [0.15, 0.2) is 0 Å². The number of ether oxygens (including phenoxy) is 2. The van der Waals surface area contributed by atoms with Crippen molar-refractivity contribution in [2.75, 3.05) is 19.5 Å². The van der Waals surface area contributed by atoms with Crippen LogP contribution in [0.25, 0.3) is 0 Å². The number of rotatable bonds is 6. The molecular formula is C18H16N2O5. The average Bonchev–Trinajstić information content (AvgIpc) is 2.67. The lowest BCUT2D eigenvalue weighted by Crippen LogP contribution is -2.17. The molecule has 0 aliphatic rings. The Bertz CT molecular complexity index is 815. The Hall–Kier alpha value is -3.48. The van der Waals surface area contributed by atoms with Gasteiger partial charge in [-0.25, -0.2) is 9.59 Å². The van der Waals surface area contributed by atoms with Gasteiger partial charge >= 0.3 is 11.9 Å². The molecule has 0 saturated carbocycles. The van der Waals surface area contributed by atoms with Crippen LogP contribution in [0.4, 0.5) is 5.69 Å². The number of nitrogens with zero attached hydrogens (tertiary/aromatic N) is 1. The number of anilines is 1. The number of benzene rings is 1. The Morgan fingerprint density at radius 3 is 2.36 bits per heavy atom. The number of ketones is 1. The molecule has 2 aromatic rings. The van der Waals surface area contributed by atoms with Crippen molar-refractivity contribution in [3.63, 3.8) is 0 Å². The Kier molecular flexibility index (Phi) is 6.00. The summed E-state index contributed by atoms with van der Waals surface area (Å²) < 4.78 is 9.16. The van der Waals surface area contributed by atoms with E-state index in [0.717, 1.165) is 6.08 Å². The number of nitrogens with one attached hydrogen (secondary N) is 1. The molecular weight excluding hydrogens is 324 g/mol. The summed E-state index contributed by atoms with van der Waals surface area (Å²) in [4.78, 5) is 40.0. The number of hydrogen-bond acceptors (Lipinski definition) is 7. The minimum atomic E-state index is -0.773.